The molecule has 0 radical (unpaired) electrons. The Kier molecular flexibility index (Phi) is 4.05. The van der Waals surface area contributed by atoms with Gasteiger partial charge in [-0.1, -0.05) is 17.7 Å². The van der Waals surface area contributed by atoms with Gasteiger partial charge in [0.2, 0.25) is 0 Å². The highest BCUT2D eigenvalue weighted by Gasteiger charge is 2.17. The third-order valence-corrected chi connectivity index (χ3v) is 4.23. The molecule has 0 fully saturated rings. The van der Waals surface area contributed by atoms with E-state index in [1.165, 1.54) is 6.07 Å². The van der Waals surface area contributed by atoms with Gasteiger partial charge in [-0.2, -0.15) is 0 Å². The van der Waals surface area contributed by atoms with E-state index < -0.39 is 6.10 Å². The number of thiophene rings is 1. The van der Waals surface area contributed by atoms with Crippen molar-refractivity contribution in [1.29, 1.82) is 0 Å². The summed E-state index contributed by atoms with van der Waals surface area (Å²) in [6.45, 7) is 3.95. The Bertz CT molecular complexity index is 545. The average molecular weight is 285 g/mol. The number of aliphatic hydroxyl groups is 1. The Morgan fingerprint density at radius 2 is 2.11 bits per heavy atom. The van der Waals surface area contributed by atoms with Crippen molar-refractivity contribution < 1.29 is 9.50 Å². The maximum Gasteiger partial charge on any atom is 0.127 e. The molecule has 1 unspecified atom stereocenters. The fourth-order valence-electron chi connectivity index (χ4n) is 2.01. The maximum absolute atomic E-state index is 13.6. The fraction of sp³-hybridized carbons (Fsp3) is 0.286. The number of aliphatic hydroxyl groups excluding tert-OH is 1. The van der Waals surface area contributed by atoms with Crippen LogP contribution in [0.2, 0.25) is 5.02 Å². The zero-order valence-corrected chi connectivity index (χ0v) is 11.8. The monoisotopic (exact) mass is 284 g/mol. The van der Waals surface area contributed by atoms with Gasteiger partial charge in [0, 0.05) is 26.8 Å². The largest absolute Gasteiger partial charge is 0.388 e. The lowest BCUT2D eigenvalue weighted by atomic mass is 10.0. The molecular weight excluding hydrogens is 271 g/mol. The highest BCUT2D eigenvalue weighted by Crippen LogP contribution is 2.30. The van der Waals surface area contributed by atoms with Gasteiger partial charge >= 0.3 is 0 Å². The second kappa shape index (κ2) is 5.39. The third kappa shape index (κ3) is 2.74. The standard InChI is InChI=1S/C14H14ClFOS/c1-8-6-10(9(2)18-8)14(17)7-11-12(15)4-3-5-13(11)16/h3-6,14,17H,7H2,1-2H3. The normalized spacial score (nSPS) is 12.7. The molecule has 2 aromatic rings. The molecule has 4 heteroatoms. The third-order valence-electron chi connectivity index (χ3n) is 2.90. The molecule has 2 rings (SSSR count). The van der Waals surface area contributed by atoms with Crippen LogP contribution in [0.25, 0.3) is 0 Å². The van der Waals surface area contributed by atoms with Crippen molar-refractivity contribution in [2.45, 2.75) is 26.4 Å². The molecule has 0 saturated heterocycles. The van der Waals surface area contributed by atoms with Crippen molar-refractivity contribution in [3.05, 3.63) is 56.0 Å². The van der Waals surface area contributed by atoms with Crippen LogP contribution in [0.4, 0.5) is 4.39 Å². The van der Waals surface area contributed by atoms with Crippen LogP contribution in [-0.2, 0) is 6.42 Å². The fourth-order valence-corrected chi connectivity index (χ4v) is 3.23. The quantitative estimate of drug-likeness (QED) is 0.884. The number of benzene rings is 1. The Morgan fingerprint density at radius 1 is 1.39 bits per heavy atom. The summed E-state index contributed by atoms with van der Waals surface area (Å²) in [5, 5.41) is 10.6. The number of hydrogen-bond acceptors (Lipinski definition) is 2. The van der Waals surface area contributed by atoms with Crippen LogP contribution in [0.1, 0.15) is 27.0 Å². The minimum atomic E-state index is -0.718. The Balaban J connectivity index is 2.26. The molecule has 0 aliphatic heterocycles. The molecule has 96 valence electrons. The first-order valence-corrected chi connectivity index (χ1v) is 6.86. The molecule has 1 N–H and O–H groups in total. The van der Waals surface area contributed by atoms with Gasteiger partial charge in [-0.3, -0.25) is 0 Å². The van der Waals surface area contributed by atoms with E-state index in [-0.39, 0.29) is 12.2 Å². The predicted octanol–water partition coefficient (Wildman–Crippen LogP) is 4.43. The molecule has 18 heavy (non-hydrogen) atoms. The summed E-state index contributed by atoms with van der Waals surface area (Å²) in [5.41, 5.74) is 1.23. The van der Waals surface area contributed by atoms with Gasteiger partial charge in [0.15, 0.2) is 0 Å². The van der Waals surface area contributed by atoms with E-state index >= 15 is 0 Å². The lowest BCUT2D eigenvalue weighted by molar-refractivity contribution is 0.177. The van der Waals surface area contributed by atoms with Crippen LogP contribution < -0.4 is 0 Å². The van der Waals surface area contributed by atoms with E-state index in [1.807, 2.05) is 19.9 Å². The lowest BCUT2D eigenvalue weighted by Gasteiger charge is -2.12. The number of aryl methyl sites for hydroxylation is 2. The van der Waals surface area contributed by atoms with Crippen LogP contribution in [0.3, 0.4) is 0 Å². The summed E-state index contributed by atoms with van der Waals surface area (Å²) in [6, 6.07) is 6.50. The first kappa shape index (κ1) is 13.5. The van der Waals surface area contributed by atoms with Crippen LogP contribution in [-0.4, -0.2) is 5.11 Å². The van der Waals surface area contributed by atoms with E-state index in [2.05, 4.69) is 0 Å². The highest BCUT2D eigenvalue weighted by molar-refractivity contribution is 7.12. The van der Waals surface area contributed by atoms with Gasteiger partial charge in [-0.05, 0) is 37.6 Å². The Hall–Kier alpha value is -0.900. The summed E-state index contributed by atoms with van der Waals surface area (Å²) in [5.74, 6) is -0.369. The molecule has 1 atom stereocenters. The van der Waals surface area contributed by atoms with E-state index in [4.69, 9.17) is 11.6 Å². The molecular formula is C14H14ClFOS. The SMILES string of the molecule is Cc1cc(C(O)Cc2c(F)cccc2Cl)c(C)s1. The number of rotatable bonds is 3. The molecule has 1 nitrogen and oxygen atoms in total. The molecule has 0 aliphatic rings. The van der Waals surface area contributed by atoms with Gasteiger partial charge < -0.3 is 5.11 Å². The van der Waals surface area contributed by atoms with Crippen molar-refractivity contribution in [3.63, 3.8) is 0 Å². The average Bonchev–Trinajstić information content (AvgIpc) is 2.63. The second-order valence-corrected chi connectivity index (χ2v) is 6.16. The summed E-state index contributed by atoms with van der Waals surface area (Å²) in [6.07, 6.45) is -0.521. The highest BCUT2D eigenvalue weighted by atomic mass is 35.5. The van der Waals surface area contributed by atoms with Crippen molar-refractivity contribution in [3.8, 4) is 0 Å². The number of hydrogen-bond donors (Lipinski definition) is 1. The smallest absolute Gasteiger partial charge is 0.127 e. The van der Waals surface area contributed by atoms with Crippen LogP contribution in [0.15, 0.2) is 24.3 Å². The van der Waals surface area contributed by atoms with Crippen molar-refractivity contribution in [2.24, 2.45) is 0 Å². The van der Waals surface area contributed by atoms with E-state index in [0.29, 0.717) is 10.6 Å². The van der Waals surface area contributed by atoms with Gasteiger partial charge in [0.25, 0.3) is 0 Å². The van der Waals surface area contributed by atoms with Crippen molar-refractivity contribution in [2.75, 3.05) is 0 Å². The van der Waals surface area contributed by atoms with Crippen molar-refractivity contribution >= 4 is 22.9 Å². The first-order valence-electron chi connectivity index (χ1n) is 5.67. The van der Waals surface area contributed by atoms with E-state index in [1.54, 1.807) is 23.5 Å². The summed E-state index contributed by atoms with van der Waals surface area (Å²) in [4.78, 5) is 2.20. The van der Waals surface area contributed by atoms with Gasteiger partial charge in [-0.15, -0.1) is 11.3 Å². The summed E-state index contributed by atoms with van der Waals surface area (Å²) >= 11 is 7.59. The van der Waals surface area contributed by atoms with Gasteiger partial charge in [0.05, 0.1) is 6.10 Å². The molecule has 0 aliphatic carbocycles. The van der Waals surface area contributed by atoms with Crippen LogP contribution in [0.5, 0.6) is 0 Å². The Morgan fingerprint density at radius 3 is 2.67 bits per heavy atom. The van der Waals surface area contributed by atoms with E-state index in [0.717, 1.165) is 15.3 Å². The van der Waals surface area contributed by atoms with E-state index in [9.17, 15) is 9.50 Å². The molecule has 0 amide bonds. The summed E-state index contributed by atoms with van der Waals surface area (Å²) in [7, 11) is 0. The molecule has 1 heterocycles. The van der Waals surface area contributed by atoms with Crippen LogP contribution >= 0.6 is 22.9 Å². The minimum absolute atomic E-state index is 0.197. The topological polar surface area (TPSA) is 20.2 Å². The predicted molar refractivity (Wildman–Crippen MR) is 73.9 cm³/mol. The summed E-state index contributed by atoms with van der Waals surface area (Å²) < 4.78 is 13.6. The molecule has 1 aromatic carbocycles. The number of halogens is 2. The molecule has 0 spiro atoms. The zero-order chi connectivity index (χ0) is 13.3. The Labute approximate surface area is 115 Å². The first-order chi connectivity index (χ1) is 8.49. The molecule has 0 saturated carbocycles. The van der Waals surface area contributed by atoms with Crippen molar-refractivity contribution in [1.82, 2.24) is 0 Å². The zero-order valence-electron chi connectivity index (χ0n) is 10.2. The molecule has 0 bridgehead atoms. The molecule has 1 aromatic heterocycles. The van der Waals surface area contributed by atoms with Crippen LogP contribution in [0, 0.1) is 19.7 Å². The maximum atomic E-state index is 13.6. The van der Waals surface area contributed by atoms with Gasteiger partial charge in [0.1, 0.15) is 5.82 Å². The lowest BCUT2D eigenvalue weighted by Crippen LogP contribution is -2.04. The minimum Gasteiger partial charge on any atom is -0.388 e. The second-order valence-electron chi connectivity index (χ2n) is 4.29. The van der Waals surface area contributed by atoms with Gasteiger partial charge in [-0.25, -0.2) is 4.39 Å².